The first-order chi connectivity index (χ1) is 9.47. The lowest BCUT2D eigenvalue weighted by atomic mass is 10.1. The molecule has 0 unspecified atom stereocenters. The van der Waals surface area contributed by atoms with Crippen LogP contribution in [0.5, 0.6) is 0 Å². The second-order valence-corrected chi connectivity index (χ2v) is 5.69. The summed E-state index contributed by atoms with van der Waals surface area (Å²) < 4.78 is 37.3. The maximum absolute atomic E-state index is 12.4. The fraction of sp³-hybridized carbons (Fsp3) is 0.462. The van der Waals surface area contributed by atoms with Gasteiger partial charge in [0, 0.05) is 24.6 Å². The van der Waals surface area contributed by atoms with E-state index in [1.165, 1.54) is 12.1 Å². The molecule has 1 aromatic rings. The molecule has 0 bridgehead atoms. The standard InChI is InChI=1S/C13H16F3N3S/c14-13(15,16)11-3-1-10(2-4-11)9-18-12(17)19-5-7-20-8-6-19/h1-4H,5-9H2,(H2,17,18). The Balaban J connectivity index is 1.96. The third-order valence-electron chi connectivity index (χ3n) is 3.04. The van der Waals surface area contributed by atoms with Gasteiger partial charge in [0.25, 0.3) is 0 Å². The molecule has 1 fully saturated rings. The van der Waals surface area contributed by atoms with Crippen LogP contribution in [0.4, 0.5) is 13.2 Å². The van der Waals surface area contributed by atoms with Gasteiger partial charge in [-0.1, -0.05) is 12.1 Å². The Morgan fingerprint density at radius 1 is 1.20 bits per heavy atom. The number of aliphatic imine (C=N–C) groups is 1. The largest absolute Gasteiger partial charge is 0.416 e. The van der Waals surface area contributed by atoms with E-state index in [2.05, 4.69) is 4.99 Å². The van der Waals surface area contributed by atoms with Gasteiger partial charge in [0.1, 0.15) is 0 Å². The van der Waals surface area contributed by atoms with Crippen molar-refractivity contribution in [3.8, 4) is 0 Å². The summed E-state index contributed by atoms with van der Waals surface area (Å²) in [5.74, 6) is 2.51. The topological polar surface area (TPSA) is 41.6 Å². The van der Waals surface area contributed by atoms with Gasteiger partial charge in [-0.05, 0) is 17.7 Å². The molecule has 1 aromatic carbocycles. The van der Waals surface area contributed by atoms with Crippen molar-refractivity contribution >= 4 is 17.7 Å². The lowest BCUT2D eigenvalue weighted by molar-refractivity contribution is -0.137. The SMILES string of the molecule is NC(=NCc1ccc(C(F)(F)F)cc1)N1CCSCC1. The first-order valence-electron chi connectivity index (χ1n) is 6.25. The van der Waals surface area contributed by atoms with Crippen molar-refractivity contribution in [1.29, 1.82) is 0 Å². The summed E-state index contributed by atoms with van der Waals surface area (Å²) in [4.78, 5) is 6.24. The van der Waals surface area contributed by atoms with Crippen molar-refractivity contribution in [3.63, 3.8) is 0 Å². The highest BCUT2D eigenvalue weighted by Gasteiger charge is 2.29. The number of thioether (sulfide) groups is 1. The second-order valence-electron chi connectivity index (χ2n) is 4.47. The monoisotopic (exact) mass is 303 g/mol. The zero-order chi connectivity index (χ0) is 14.6. The number of nitrogens with zero attached hydrogens (tertiary/aromatic N) is 2. The van der Waals surface area contributed by atoms with E-state index in [1.54, 1.807) is 0 Å². The molecule has 2 rings (SSSR count). The maximum Gasteiger partial charge on any atom is 0.416 e. The third kappa shape index (κ3) is 4.06. The Kier molecular flexibility index (Phi) is 4.80. The summed E-state index contributed by atoms with van der Waals surface area (Å²) in [5.41, 5.74) is 5.95. The van der Waals surface area contributed by atoms with Crippen molar-refractivity contribution in [2.75, 3.05) is 24.6 Å². The minimum Gasteiger partial charge on any atom is -0.370 e. The highest BCUT2D eigenvalue weighted by molar-refractivity contribution is 7.99. The predicted octanol–water partition coefficient (Wildman–Crippen LogP) is 2.57. The minimum atomic E-state index is -4.30. The molecule has 0 spiro atoms. The van der Waals surface area contributed by atoms with E-state index in [4.69, 9.17) is 5.73 Å². The summed E-state index contributed by atoms with van der Waals surface area (Å²) in [6.45, 7) is 2.04. The van der Waals surface area contributed by atoms with Crippen LogP contribution in [0.1, 0.15) is 11.1 Å². The average Bonchev–Trinajstić information content (AvgIpc) is 2.45. The molecule has 110 valence electrons. The predicted molar refractivity (Wildman–Crippen MR) is 75.7 cm³/mol. The molecule has 0 aliphatic carbocycles. The number of guanidine groups is 1. The molecule has 2 N–H and O–H groups in total. The van der Waals surface area contributed by atoms with Gasteiger partial charge in [-0.2, -0.15) is 24.9 Å². The molecule has 7 heteroatoms. The van der Waals surface area contributed by atoms with Crippen LogP contribution in [0.3, 0.4) is 0 Å². The lowest BCUT2D eigenvalue weighted by Gasteiger charge is -2.27. The van der Waals surface area contributed by atoms with Crippen molar-refractivity contribution in [3.05, 3.63) is 35.4 Å². The quantitative estimate of drug-likeness (QED) is 0.674. The Hall–Kier alpha value is -1.37. The van der Waals surface area contributed by atoms with E-state index in [0.717, 1.165) is 36.7 Å². The minimum absolute atomic E-state index is 0.299. The lowest BCUT2D eigenvalue weighted by Crippen LogP contribution is -2.42. The van der Waals surface area contributed by atoms with Crippen LogP contribution in [-0.2, 0) is 12.7 Å². The van der Waals surface area contributed by atoms with E-state index in [1.807, 2.05) is 16.7 Å². The molecule has 3 nitrogen and oxygen atoms in total. The van der Waals surface area contributed by atoms with Gasteiger partial charge in [0.2, 0.25) is 0 Å². The number of rotatable bonds is 2. The van der Waals surface area contributed by atoms with Gasteiger partial charge in [0.15, 0.2) is 5.96 Å². The average molecular weight is 303 g/mol. The van der Waals surface area contributed by atoms with Gasteiger partial charge < -0.3 is 10.6 Å². The molecule has 1 saturated heterocycles. The summed E-state index contributed by atoms with van der Waals surface area (Å²) >= 11 is 1.88. The number of hydrogen-bond donors (Lipinski definition) is 1. The van der Waals surface area contributed by atoms with E-state index in [-0.39, 0.29) is 0 Å². The van der Waals surface area contributed by atoms with E-state index in [9.17, 15) is 13.2 Å². The first-order valence-corrected chi connectivity index (χ1v) is 7.41. The van der Waals surface area contributed by atoms with E-state index in [0.29, 0.717) is 18.1 Å². The van der Waals surface area contributed by atoms with Gasteiger partial charge >= 0.3 is 6.18 Å². The number of halogens is 3. The fourth-order valence-electron chi connectivity index (χ4n) is 1.86. The van der Waals surface area contributed by atoms with Gasteiger partial charge in [-0.3, -0.25) is 0 Å². The Morgan fingerprint density at radius 3 is 2.35 bits per heavy atom. The van der Waals surface area contributed by atoms with Crippen LogP contribution < -0.4 is 5.73 Å². The van der Waals surface area contributed by atoms with Gasteiger partial charge in [0.05, 0.1) is 12.1 Å². The molecule has 0 radical (unpaired) electrons. The molecule has 1 aliphatic rings. The van der Waals surface area contributed by atoms with Crippen LogP contribution in [0.15, 0.2) is 29.3 Å². The Labute approximate surface area is 120 Å². The molecule has 0 amide bonds. The smallest absolute Gasteiger partial charge is 0.370 e. The molecule has 0 saturated carbocycles. The molecular weight excluding hydrogens is 287 g/mol. The summed E-state index contributed by atoms with van der Waals surface area (Å²) in [6.07, 6.45) is -4.30. The zero-order valence-corrected chi connectivity index (χ0v) is 11.7. The number of hydrogen-bond acceptors (Lipinski definition) is 2. The Bertz CT molecular complexity index is 465. The van der Waals surface area contributed by atoms with Crippen LogP contribution >= 0.6 is 11.8 Å². The van der Waals surface area contributed by atoms with Crippen molar-refractivity contribution < 1.29 is 13.2 Å². The summed E-state index contributed by atoms with van der Waals surface area (Å²) in [5, 5.41) is 0. The summed E-state index contributed by atoms with van der Waals surface area (Å²) in [6, 6.07) is 5.01. The van der Waals surface area contributed by atoms with Crippen LogP contribution in [0.25, 0.3) is 0 Å². The second kappa shape index (κ2) is 6.39. The van der Waals surface area contributed by atoms with Crippen molar-refractivity contribution in [1.82, 2.24) is 4.90 Å². The highest BCUT2D eigenvalue weighted by Crippen LogP contribution is 2.29. The molecule has 0 aromatic heterocycles. The molecule has 20 heavy (non-hydrogen) atoms. The van der Waals surface area contributed by atoms with E-state index >= 15 is 0 Å². The first kappa shape index (κ1) is 15.0. The van der Waals surface area contributed by atoms with Crippen LogP contribution in [0, 0.1) is 0 Å². The molecule has 0 atom stereocenters. The molecule has 1 heterocycles. The zero-order valence-electron chi connectivity index (χ0n) is 10.9. The van der Waals surface area contributed by atoms with Crippen molar-refractivity contribution in [2.24, 2.45) is 10.7 Å². The molecular formula is C13H16F3N3S. The normalized spacial score (nSPS) is 17.4. The number of benzene rings is 1. The molecule has 1 aliphatic heterocycles. The van der Waals surface area contributed by atoms with Gasteiger partial charge in [-0.25, -0.2) is 4.99 Å². The van der Waals surface area contributed by atoms with E-state index < -0.39 is 11.7 Å². The van der Waals surface area contributed by atoms with Gasteiger partial charge in [-0.15, -0.1) is 0 Å². The van der Waals surface area contributed by atoms with Crippen LogP contribution in [0.2, 0.25) is 0 Å². The highest BCUT2D eigenvalue weighted by atomic mass is 32.2. The summed E-state index contributed by atoms with van der Waals surface area (Å²) in [7, 11) is 0. The van der Waals surface area contributed by atoms with Crippen molar-refractivity contribution in [2.45, 2.75) is 12.7 Å². The third-order valence-corrected chi connectivity index (χ3v) is 3.98. The van der Waals surface area contributed by atoms with Crippen LogP contribution in [-0.4, -0.2) is 35.5 Å². The fourth-order valence-corrected chi connectivity index (χ4v) is 2.77. The Morgan fingerprint density at radius 2 is 1.80 bits per heavy atom. The maximum atomic E-state index is 12.4. The number of nitrogens with two attached hydrogens (primary N) is 1. The number of alkyl halides is 3.